The summed E-state index contributed by atoms with van der Waals surface area (Å²) < 4.78 is 0. The van der Waals surface area contributed by atoms with Crippen molar-refractivity contribution in [1.29, 1.82) is 0 Å². The van der Waals surface area contributed by atoms with Gasteiger partial charge in [0.2, 0.25) is 0 Å². The van der Waals surface area contributed by atoms with Crippen molar-refractivity contribution in [3.8, 4) is 0 Å². The number of hydrogen-bond donors (Lipinski definition) is 2. The molecular weight excluding hydrogens is 404 g/mol. The maximum Gasteiger partial charge on any atom is 0.0576 e. The van der Waals surface area contributed by atoms with Gasteiger partial charge in [-0.1, -0.05) is 96.4 Å². The highest BCUT2D eigenvalue weighted by Gasteiger charge is 2.39. The molecule has 0 saturated heterocycles. The highest BCUT2D eigenvalue weighted by atomic mass is 16.3. The van der Waals surface area contributed by atoms with Crippen LogP contribution in [0.25, 0.3) is 0 Å². The van der Waals surface area contributed by atoms with Crippen molar-refractivity contribution in [2.75, 3.05) is 0 Å². The first kappa shape index (κ1) is 32.9. The van der Waals surface area contributed by atoms with E-state index in [1.165, 1.54) is 19.3 Å². The van der Waals surface area contributed by atoms with Gasteiger partial charge in [0.1, 0.15) is 0 Å². The summed E-state index contributed by atoms with van der Waals surface area (Å²) in [4.78, 5) is 0. The molecule has 2 nitrogen and oxygen atoms in total. The molecule has 0 aromatic carbocycles. The van der Waals surface area contributed by atoms with Crippen LogP contribution in [0.4, 0.5) is 0 Å². The molecule has 0 aliphatic heterocycles. The van der Waals surface area contributed by atoms with Crippen molar-refractivity contribution < 1.29 is 10.2 Å². The minimum atomic E-state index is -0.130. The molecule has 2 heteroatoms. The number of rotatable bonds is 9. The van der Waals surface area contributed by atoms with Crippen molar-refractivity contribution >= 4 is 0 Å². The molecule has 1 aliphatic carbocycles. The molecule has 33 heavy (non-hydrogen) atoms. The van der Waals surface area contributed by atoms with Gasteiger partial charge in [-0.3, -0.25) is 0 Å². The van der Waals surface area contributed by atoms with E-state index < -0.39 is 0 Å². The van der Waals surface area contributed by atoms with Gasteiger partial charge in [0.25, 0.3) is 0 Å². The largest absolute Gasteiger partial charge is 0.393 e. The van der Waals surface area contributed by atoms with Crippen molar-refractivity contribution in [1.82, 2.24) is 0 Å². The van der Waals surface area contributed by atoms with E-state index in [1.807, 2.05) is 0 Å². The average molecular weight is 469 g/mol. The van der Waals surface area contributed by atoms with E-state index in [2.05, 4.69) is 90.0 Å². The first-order valence-corrected chi connectivity index (χ1v) is 14.3. The Labute approximate surface area is 209 Å². The normalized spacial score (nSPS) is 27.2. The molecule has 0 spiro atoms. The minimum Gasteiger partial charge on any atom is -0.393 e. The summed E-state index contributed by atoms with van der Waals surface area (Å²) in [5, 5.41) is 20.6. The Kier molecular flexibility index (Phi) is 14.4. The van der Waals surface area contributed by atoms with E-state index in [0.717, 1.165) is 43.4 Å². The Hall–Kier alpha value is -0.0800. The lowest BCUT2D eigenvalue weighted by molar-refractivity contribution is -0.0335. The Morgan fingerprint density at radius 2 is 1.39 bits per heavy atom. The van der Waals surface area contributed by atoms with Gasteiger partial charge in [-0.05, 0) is 90.8 Å². The van der Waals surface area contributed by atoms with E-state index in [0.29, 0.717) is 23.7 Å². The molecule has 0 amide bonds. The summed E-state index contributed by atoms with van der Waals surface area (Å²) in [6, 6.07) is 0. The molecule has 2 N–H and O–H groups in total. The van der Waals surface area contributed by atoms with Crippen molar-refractivity contribution in [3.05, 3.63) is 0 Å². The topological polar surface area (TPSA) is 40.5 Å². The first-order valence-electron chi connectivity index (χ1n) is 14.3. The Balaban J connectivity index is 0.000000621. The summed E-state index contributed by atoms with van der Waals surface area (Å²) in [6.07, 6.45) is 7.76. The number of aliphatic hydroxyl groups is 2. The van der Waals surface area contributed by atoms with E-state index in [1.54, 1.807) is 0 Å². The summed E-state index contributed by atoms with van der Waals surface area (Å²) in [5.74, 6) is 4.66. The van der Waals surface area contributed by atoms with Crippen LogP contribution in [0.1, 0.15) is 135 Å². The number of aliphatic hydroxyl groups excluding tert-OH is 2. The van der Waals surface area contributed by atoms with E-state index >= 15 is 0 Å². The van der Waals surface area contributed by atoms with Crippen LogP contribution in [0, 0.1) is 52.3 Å². The fourth-order valence-electron chi connectivity index (χ4n) is 6.24. The third kappa shape index (κ3) is 13.0. The lowest BCUT2D eigenvalue weighted by Crippen LogP contribution is -2.41. The van der Waals surface area contributed by atoms with Crippen LogP contribution >= 0.6 is 0 Å². The van der Waals surface area contributed by atoms with Crippen LogP contribution in [-0.4, -0.2) is 22.4 Å². The van der Waals surface area contributed by atoms with Crippen molar-refractivity contribution in [3.63, 3.8) is 0 Å². The molecule has 1 aliphatic rings. The second kappa shape index (κ2) is 14.5. The van der Waals surface area contributed by atoms with Crippen molar-refractivity contribution in [2.24, 2.45) is 52.3 Å². The zero-order valence-corrected chi connectivity index (χ0v) is 25.0. The van der Waals surface area contributed by atoms with Gasteiger partial charge in [-0.25, -0.2) is 0 Å². The Morgan fingerprint density at radius 1 is 0.848 bits per heavy atom. The van der Waals surface area contributed by atoms with Gasteiger partial charge in [0.15, 0.2) is 0 Å². The quantitative estimate of drug-likeness (QED) is 0.354. The van der Waals surface area contributed by atoms with E-state index in [-0.39, 0.29) is 23.0 Å². The first-order chi connectivity index (χ1) is 14.9. The lowest BCUT2D eigenvalue weighted by atomic mass is 9.63. The fourth-order valence-corrected chi connectivity index (χ4v) is 6.24. The zero-order chi connectivity index (χ0) is 26.1. The maximum atomic E-state index is 10.3. The highest BCUT2D eigenvalue weighted by Crippen LogP contribution is 2.44. The van der Waals surface area contributed by atoms with Gasteiger partial charge < -0.3 is 10.2 Å². The molecule has 1 rings (SSSR count). The third-order valence-electron chi connectivity index (χ3n) is 8.02. The van der Waals surface area contributed by atoms with Gasteiger partial charge in [-0.15, -0.1) is 0 Å². The Morgan fingerprint density at radius 3 is 1.79 bits per heavy atom. The second-order valence-electron chi connectivity index (χ2n) is 14.7. The molecule has 0 heterocycles. The second-order valence-corrected chi connectivity index (χ2v) is 14.7. The van der Waals surface area contributed by atoms with Crippen LogP contribution in [0.3, 0.4) is 0 Å². The molecular formula is C31H64O2. The number of hydrogen-bond acceptors (Lipinski definition) is 2. The molecule has 0 aromatic heterocycles. The summed E-state index contributed by atoms with van der Waals surface area (Å²) in [6.45, 7) is 29.6. The fraction of sp³-hybridized carbons (Fsp3) is 1.00. The predicted octanol–water partition coefficient (Wildman–Crippen LogP) is 8.98. The monoisotopic (exact) mass is 468 g/mol. The smallest absolute Gasteiger partial charge is 0.0576 e. The van der Waals surface area contributed by atoms with Crippen LogP contribution in [0.15, 0.2) is 0 Å². The molecule has 0 radical (unpaired) electrons. The molecule has 1 fully saturated rings. The van der Waals surface area contributed by atoms with Gasteiger partial charge in [0, 0.05) is 0 Å². The van der Waals surface area contributed by atoms with Crippen LogP contribution in [0.2, 0.25) is 0 Å². The van der Waals surface area contributed by atoms with Crippen LogP contribution in [0.5, 0.6) is 0 Å². The lowest BCUT2D eigenvalue weighted by Gasteiger charge is -2.44. The van der Waals surface area contributed by atoms with Crippen molar-refractivity contribution in [2.45, 2.75) is 147 Å². The zero-order valence-electron chi connectivity index (χ0n) is 25.0. The summed E-state index contributed by atoms with van der Waals surface area (Å²) in [5.41, 5.74) is 0.453. The Bertz CT molecular complexity index is 496. The van der Waals surface area contributed by atoms with Crippen LogP contribution in [-0.2, 0) is 0 Å². The third-order valence-corrected chi connectivity index (χ3v) is 8.02. The molecule has 0 aromatic rings. The van der Waals surface area contributed by atoms with Gasteiger partial charge in [-0.2, -0.15) is 0 Å². The average Bonchev–Trinajstić information content (AvgIpc) is 2.59. The van der Waals surface area contributed by atoms with Gasteiger partial charge >= 0.3 is 0 Å². The van der Waals surface area contributed by atoms with E-state index in [9.17, 15) is 10.2 Å². The molecule has 200 valence electrons. The standard InChI is InChI=1S/C16H34O.C15H30O/c1-8-9-15(17)14(16(5,6)7)11-13(4)10-12(2)3;1-10(2)7-12-9-13(15(4,5)6)14(16)8-11(12)3/h12-15,17H,8-11H2,1-7H3;10-14,16H,7-9H2,1-6H3. The molecule has 0 bridgehead atoms. The minimum absolute atomic E-state index is 0.0848. The highest BCUT2D eigenvalue weighted by molar-refractivity contribution is 4.90. The predicted molar refractivity (Wildman–Crippen MR) is 147 cm³/mol. The molecule has 1 saturated carbocycles. The maximum absolute atomic E-state index is 10.3. The van der Waals surface area contributed by atoms with Gasteiger partial charge in [0.05, 0.1) is 12.2 Å². The van der Waals surface area contributed by atoms with E-state index in [4.69, 9.17) is 0 Å². The van der Waals surface area contributed by atoms with Crippen LogP contribution < -0.4 is 0 Å². The summed E-state index contributed by atoms with van der Waals surface area (Å²) >= 11 is 0. The molecule has 7 unspecified atom stereocenters. The molecule has 7 atom stereocenters. The summed E-state index contributed by atoms with van der Waals surface area (Å²) in [7, 11) is 0. The SMILES string of the molecule is CC(C)CC1CC(C(C)(C)C)C(O)CC1C.CCCC(O)C(CC(C)CC(C)C)C(C)(C)C.